The molecule has 0 aliphatic heterocycles. The minimum absolute atomic E-state index is 0.672. The van der Waals surface area contributed by atoms with Crippen molar-refractivity contribution < 1.29 is 0 Å². The van der Waals surface area contributed by atoms with Crippen molar-refractivity contribution in [3.05, 3.63) is 35.0 Å². The van der Waals surface area contributed by atoms with E-state index in [4.69, 9.17) is 5.26 Å². The highest BCUT2D eigenvalue weighted by molar-refractivity contribution is 7.13. The number of H-pyrrole nitrogens is 1. The van der Waals surface area contributed by atoms with Gasteiger partial charge in [-0.1, -0.05) is 6.07 Å². The Labute approximate surface area is 92.2 Å². The van der Waals surface area contributed by atoms with Crippen LogP contribution in [0.2, 0.25) is 0 Å². The van der Waals surface area contributed by atoms with Gasteiger partial charge in [0, 0.05) is 16.1 Å². The van der Waals surface area contributed by atoms with E-state index in [9.17, 15) is 0 Å². The number of hydrogen-bond donors (Lipinski definition) is 1. The zero-order valence-corrected chi connectivity index (χ0v) is 8.97. The van der Waals surface area contributed by atoms with Gasteiger partial charge in [-0.25, -0.2) is 0 Å². The number of hydrogen-bond acceptors (Lipinski definition) is 2. The molecule has 1 aliphatic rings. The fourth-order valence-electron chi connectivity index (χ4n) is 1.80. The van der Waals surface area contributed by atoms with Crippen LogP contribution < -0.4 is 0 Å². The molecule has 2 nitrogen and oxygen atoms in total. The van der Waals surface area contributed by atoms with Crippen LogP contribution in [0, 0.1) is 11.3 Å². The predicted molar refractivity (Wildman–Crippen MR) is 60.8 cm³/mol. The highest BCUT2D eigenvalue weighted by atomic mass is 32.1. The van der Waals surface area contributed by atoms with Crippen molar-refractivity contribution in [2.45, 2.75) is 18.8 Å². The summed E-state index contributed by atoms with van der Waals surface area (Å²) in [6, 6.07) is 8.46. The van der Waals surface area contributed by atoms with Crippen LogP contribution in [-0.2, 0) is 0 Å². The third-order valence-corrected chi connectivity index (χ3v) is 3.66. The van der Waals surface area contributed by atoms with Gasteiger partial charge in [0.15, 0.2) is 0 Å². The van der Waals surface area contributed by atoms with E-state index in [-0.39, 0.29) is 0 Å². The largest absolute Gasteiger partial charge is 0.349 e. The Morgan fingerprint density at radius 3 is 2.93 bits per heavy atom. The second-order valence-corrected chi connectivity index (χ2v) is 4.82. The molecule has 74 valence electrons. The molecule has 0 unspecified atom stereocenters. The molecule has 0 atom stereocenters. The van der Waals surface area contributed by atoms with Gasteiger partial charge >= 0.3 is 0 Å². The summed E-state index contributed by atoms with van der Waals surface area (Å²) in [5, 5.41) is 11.1. The van der Waals surface area contributed by atoms with Gasteiger partial charge in [-0.05, 0) is 36.3 Å². The molecule has 1 N–H and O–H groups in total. The first kappa shape index (κ1) is 8.75. The minimum atomic E-state index is 0.672. The lowest BCUT2D eigenvalue weighted by atomic mass is 10.2. The highest BCUT2D eigenvalue weighted by Gasteiger charge is 2.26. The topological polar surface area (TPSA) is 39.6 Å². The molecule has 1 saturated carbocycles. The minimum Gasteiger partial charge on any atom is -0.349 e. The van der Waals surface area contributed by atoms with Crippen molar-refractivity contribution >= 4 is 11.3 Å². The summed E-state index contributed by atoms with van der Waals surface area (Å²) in [5.41, 5.74) is 3.00. The molecule has 0 radical (unpaired) electrons. The maximum absolute atomic E-state index is 9.06. The average molecular weight is 214 g/mol. The van der Waals surface area contributed by atoms with E-state index < -0.39 is 0 Å². The second kappa shape index (κ2) is 3.25. The maximum Gasteiger partial charge on any atom is 0.126 e. The monoisotopic (exact) mass is 214 g/mol. The summed E-state index contributed by atoms with van der Waals surface area (Å²) >= 11 is 1.68. The lowest BCUT2D eigenvalue weighted by Gasteiger charge is -1.90. The van der Waals surface area contributed by atoms with Crippen molar-refractivity contribution in [3.63, 3.8) is 0 Å². The van der Waals surface area contributed by atoms with Crippen LogP contribution in [0.3, 0.4) is 0 Å². The third kappa shape index (κ3) is 1.47. The molecule has 3 heteroatoms. The van der Waals surface area contributed by atoms with Crippen LogP contribution in [-0.4, -0.2) is 4.98 Å². The maximum atomic E-state index is 9.06. The quantitative estimate of drug-likeness (QED) is 0.816. The van der Waals surface area contributed by atoms with E-state index in [0.717, 1.165) is 5.56 Å². The standard InChI is InChI=1S/C12H10N2S/c13-7-11-9(12-2-1-5-15-12)6-10(14-11)8-3-4-8/h1-2,5-6,8,14H,3-4H2. The molecule has 3 rings (SSSR count). The Kier molecular flexibility index (Phi) is 1.90. The number of aromatic nitrogens is 1. The lowest BCUT2D eigenvalue weighted by Crippen LogP contribution is -1.78. The molecular weight excluding hydrogens is 204 g/mol. The first-order valence-electron chi connectivity index (χ1n) is 5.05. The van der Waals surface area contributed by atoms with Gasteiger partial charge < -0.3 is 4.98 Å². The van der Waals surface area contributed by atoms with Crippen molar-refractivity contribution in [3.8, 4) is 16.5 Å². The Bertz CT molecular complexity index is 512. The van der Waals surface area contributed by atoms with E-state index in [1.807, 2.05) is 11.4 Å². The Morgan fingerprint density at radius 2 is 2.33 bits per heavy atom. The van der Waals surface area contributed by atoms with E-state index >= 15 is 0 Å². The summed E-state index contributed by atoms with van der Waals surface area (Å²) in [4.78, 5) is 4.40. The molecule has 1 aliphatic carbocycles. The van der Waals surface area contributed by atoms with Crippen LogP contribution in [0.4, 0.5) is 0 Å². The number of aromatic amines is 1. The molecule has 0 aromatic carbocycles. The van der Waals surface area contributed by atoms with E-state index in [2.05, 4.69) is 23.2 Å². The van der Waals surface area contributed by atoms with Gasteiger partial charge in [-0.3, -0.25) is 0 Å². The van der Waals surface area contributed by atoms with Crippen molar-refractivity contribution in [2.24, 2.45) is 0 Å². The molecular formula is C12H10N2S. The summed E-state index contributed by atoms with van der Waals surface area (Å²) in [6.07, 6.45) is 2.52. The van der Waals surface area contributed by atoms with E-state index in [1.54, 1.807) is 11.3 Å². The number of rotatable bonds is 2. The first-order chi connectivity index (χ1) is 7.38. The summed E-state index contributed by atoms with van der Waals surface area (Å²) < 4.78 is 0. The van der Waals surface area contributed by atoms with E-state index in [0.29, 0.717) is 11.6 Å². The fraction of sp³-hybridized carbons (Fsp3) is 0.250. The van der Waals surface area contributed by atoms with Crippen molar-refractivity contribution in [1.29, 1.82) is 5.26 Å². The van der Waals surface area contributed by atoms with Crippen LogP contribution in [0.1, 0.15) is 30.1 Å². The average Bonchev–Trinajstić information content (AvgIpc) is 2.83. The van der Waals surface area contributed by atoms with Gasteiger partial charge in [0.1, 0.15) is 11.8 Å². The fourth-order valence-corrected chi connectivity index (χ4v) is 2.55. The molecule has 0 amide bonds. The zero-order valence-electron chi connectivity index (χ0n) is 8.16. The molecule has 15 heavy (non-hydrogen) atoms. The number of thiophene rings is 1. The molecule has 2 aromatic heterocycles. The SMILES string of the molecule is N#Cc1[nH]c(C2CC2)cc1-c1cccs1. The van der Waals surface area contributed by atoms with Gasteiger partial charge in [0.25, 0.3) is 0 Å². The zero-order chi connectivity index (χ0) is 10.3. The number of nitrogens with zero attached hydrogens (tertiary/aromatic N) is 1. The van der Waals surface area contributed by atoms with Gasteiger partial charge in [-0.2, -0.15) is 5.26 Å². The molecule has 2 aromatic rings. The van der Waals surface area contributed by atoms with Gasteiger partial charge in [-0.15, -0.1) is 11.3 Å². The van der Waals surface area contributed by atoms with Crippen LogP contribution in [0.25, 0.3) is 10.4 Å². The normalized spacial score (nSPS) is 15.1. The van der Waals surface area contributed by atoms with Crippen LogP contribution in [0.15, 0.2) is 23.6 Å². The van der Waals surface area contributed by atoms with Crippen molar-refractivity contribution in [2.75, 3.05) is 0 Å². The van der Waals surface area contributed by atoms with Gasteiger partial charge in [0.2, 0.25) is 0 Å². The van der Waals surface area contributed by atoms with Gasteiger partial charge in [0.05, 0.1) is 0 Å². The smallest absolute Gasteiger partial charge is 0.126 e. The Morgan fingerprint density at radius 1 is 1.47 bits per heavy atom. The van der Waals surface area contributed by atoms with E-state index in [1.165, 1.54) is 23.4 Å². The highest BCUT2D eigenvalue weighted by Crippen LogP contribution is 2.42. The predicted octanol–water partition coefficient (Wildman–Crippen LogP) is 3.49. The summed E-state index contributed by atoms with van der Waals surface area (Å²) in [7, 11) is 0. The molecule has 0 spiro atoms. The van der Waals surface area contributed by atoms with Crippen LogP contribution >= 0.6 is 11.3 Å². The summed E-state index contributed by atoms with van der Waals surface area (Å²) in [5.74, 6) is 0.672. The molecule has 2 heterocycles. The molecule has 1 fully saturated rings. The third-order valence-electron chi connectivity index (χ3n) is 2.75. The summed E-state index contributed by atoms with van der Waals surface area (Å²) in [6.45, 7) is 0. The van der Waals surface area contributed by atoms with Crippen molar-refractivity contribution in [1.82, 2.24) is 4.98 Å². The second-order valence-electron chi connectivity index (χ2n) is 3.88. The Hall–Kier alpha value is -1.53. The number of nitriles is 1. The van der Waals surface area contributed by atoms with Crippen LogP contribution in [0.5, 0.6) is 0 Å². The first-order valence-corrected chi connectivity index (χ1v) is 5.93. The lowest BCUT2D eigenvalue weighted by molar-refractivity contribution is 1.04. The molecule has 0 bridgehead atoms. The Balaban J connectivity index is 2.10. The number of nitrogens with one attached hydrogen (secondary N) is 1. The molecule has 0 saturated heterocycles.